The summed E-state index contributed by atoms with van der Waals surface area (Å²) in [4.78, 5) is 4.21. The molecule has 20 heavy (non-hydrogen) atoms. The van der Waals surface area contributed by atoms with E-state index in [4.69, 9.17) is 14.2 Å². The number of nitrogens with zero attached hydrogens (tertiary/aromatic N) is 1. The van der Waals surface area contributed by atoms with Gasteiger partial charge in [-0.15, -0.1) is 0 Å². The Labute approximate surface area is 117 Å². The Balaban J connectivity index is 1.75. The van der Waals surface area contributed by atoms with Gasteiger partial charge in [0.1, 0.15) is 0 Å². The minimum absolute atomic E-state index is 0.295. The summed E-state index contributed by atoms with van der Waals surface area (Å²) in [7, 11) is 1.64. The summed E-state index contributed by atoms with van der Waals surface area (Å²) in [6, 6.07) is 7.89. The number of aryl methyl sites for hydroxylation is 1. The summed E-state index contributed by atoms with van der Waals surface area (Å²) in [5, 5.41) is 3.35. The number of rotatable bonds is 4. The topological polar surface area (TPSA) is 52.6 Å². The van der Waals surface area contributed by atoms with Crippen LogP contribution in [0.25, 0.3) is 0 Å². The van der Waals surface area contributed by atoms with Crippen molar-refractivity contribution < 1.29 is 14.2 Å². The van der Waals surface area contributed by atoms with Gasteiger partial charge in [-0.2, -0.15) is 0 Å². The fourth-order valence-corrected chi connectivity index (χ4v) is 2.10. The molecule has 5 nitrogen and oxygen atoms in total. The van der Waals surface area contributed by atoms with Crippen LogP contribution in [0.3, 0.4) is 0 Å². The average molecular weight is 272 g/mol. The molecule has 1 aliphatic heterocycles. The van der Waals surface area contributed by atoms with E-state index in [2.05, 4.69) is 10.3 Å². The first-order valence-electron chi connectivity index (χ1n) is 6.39. The Morgan fingerprint density at radius 2 is 2.10 bits per heavy atom. The van der Waals surface area contributed by atoms with Crippen LogP contribution < -0.4 is 19.5 Å². The minimum atomic E-state index is 0.295. The zero-order valence-electron chi connectivity index (χ0n) is 11.5. The van der Waals surface area contributed by atoms with E-state index in [0.717, 1.165) is 34.2 Å². The van der Waals surface area contributed by atoms with Crippen LogP contribution in [0.2, 0.25) is 0 Å². The smallest absolute Gasteiger partial charge is 0.231 e. The Morgan fingerprint density at radius 1 is 1.25 bits per heavy atom. The molecule has 0 unspecified atom stereocenters. The molecule has 1 aromatic carbocycles. The van der Waals surface area contributed by atoms with Gasteiger partial charge in [-0.1, -0.05) is 6.07 Å². The maximum atomic E-state index is 5.37. The molecule has 0 spiro atoms. The van der Waals surface area contributed by atoms with E-state index in [1.165, 1.54) is 0 Å². The zero-order chi connectivity index (χ0) is 13.9. The van der Waals surface area contributed by atoms with Crippen molar-refractivity contribution in [3.63, 3.8) is 0 Å². The Morgan fingerprint density at radius 3 is 2.95 bits per heavy atom. The van der Waals surface area contributed by atoms with Crippen molar-refractivity contribution in [2.24, 2.45) is 0 Å². The summed E-state index contributed by atoms with van der Waals surface area (Å²) in [6.45, 7) is 2.92. The van der Waals surface area contributed by atoms with Crippen molar-refractivity contribution in [2.75, 3.05) is 19.2 Å². The third-order valence-corrected chi connectivity index (χ3v) is 3.14. The molecule has 0 aliphatic carbocycles. The summed E-state index contributed by atoms with van der Waals surface area (Å²) in [5.41, 5.74) is 2.99. The average Bonchev–Trinajstić information content (AvgIpc) is 2.92. The van der Waals surface area contributed by atoms with E-state index >= 15 is 0 Å². The quantitative estimate of drug-likeness (QED) is 0.927. The predicted octanol–water partition coefficient (Wildman–Crippen LogP) is 2.74. The van der Waals surface area contributed by atoms with Gasteiger partial charge in [-0.05, 0) is 30.7 Å². The Kier molecular flexibility index (Phi) is 3.33. The summed E-state index contributed by atoms with van der Waals surface area (Å²) in [6.07, 6.45) is 1.72. The lowest BCUT2D eigenvalue weighted by Gasteiger charge is -2.11. The molecule has 0 fully saturated rings. The first-order valence-corrected chi connectivity index (χ1v) is 6.39. The number of hydrogen-bond acceptors (Lipinski definition) is 5. The highest BCUT2D eigenvalue weighted by atomic mass is 16.7. The van der Waals surface area contributed by atoms with Crippen molar-refractivity contribution in [1.82, 2.24) is 4.98 Å². The van der Waals surface area contributed by atoms with E-state index < -0.39 is 0 Å². The van der Waals surface area contributed by atoms with Crippen LogP contribution in [0, 0.1) is 6.92 Å². The van der Waals surface area contributed by atoms with Gasteiger partial charge in [-0.3, -0.25) is 4.98 Å². The molecule has 0 atom stereocenters. The maximum Gasteiger partial charge on any atom is 0.231 e. The second-order valence-electron chi connectivity index (χ2n) is 4.57. The molecule has 0 radical (unpaired) electrons. The molecule has 3 rings (SSSR count). The SMILES string of the molecule is COc1cnc(C)cc1NCc1ccc2c(c1)OCO2. The molecule has 0 amide bonds. The molecule has 104 valence electrons. The lowest BCUT2D eigenvalue weighted by Crippen LogP contribution is -2.02. The highest BCUT2D eigenvalue weighted by Gasteiger charge is 2.13. The number of anilines is 1. The molecule has 0 saturated carbocycles. The molecule has 1 aromatic heterocycles. The summed E-state index contributed by atoms with van der Waals surface area (Å²) >= 11 is 0. The van der Waals surface area contributed by atoms with Gasteiger partial charge >= 0.3 is 0 Å². The second kappa shape index (κ2) is 5.28. The number of benzene rings is 1. The van der Waals surface area contributed by atoms with Crippen LogP contribution in [-0.4, -0.2) is 18.9 Å². The van der Waals surface area contributed by atoms with Crippen LogP contribution >= 0.6 is 0 Å². The summed E-state index contributed by atoms with van der Waals surface area (Å²) < 4.78 is 16.0. The minimum Gasteiger partial charge on any atom is -0.493 e. The zero-order valence-corrected chi connectivity index (χ0v) is 11.5. The molecule has 0 bridgehead atoms. The number of aromatic nitrogens is 1. The van der Waals surface area contributed by atoms with Gasteiger partial charge in [-0.25, -0.2) is 0 Å². The Bertz CT molecular complexity index is 629. The number of hydrogen-bond donors (Lipinski definition) is 1. The van der Waals surface area contributed by atoms with Gasteiger partial charge in [0, 0.05) is 12.2 Å². The largest absolute Gasteiger partial charge is 0.493 e. The third-order valence-electron chi connectivity index (χ3n) is 3.14. The van der Waals surface area contributed by atoms with Gasteiger partial charge in [0.05, 0.1) is 19.0 Å². The van der Waals surface area contributed by atoms with E-state index in [1.54, 1.807) is 13.3 Å². The molecular formula is C15H16N2O3. The van der Waals surface area contributed by atoms with Gasteiger partial charge in [0.25, 0.3) is 0 Å². The molecule has 1 aliphatic rings. The van der Waals surface area contributed by atoms with Crippen molar-refractivity contribution in [3.05, 3.63) is 41.7 Å². The second-order valence-corrected chi connectivity index (χ2v) is 4.57. The standard InChI is InChI=1S/C15H16N2O3/c1-10-5-12(15(18-2)8-16-10)17-7-11-3-4-13-14(6-11)20-9-19-13/h3-6,8H,7,9H2,1-2H3,(H,16,17). The monoisotopic (exact) mass is 272 g/mol. The van der Waals surface area contributed by atoms with E-state index in [-0.39, 0.29) is 0 Å². The van der Waals surface area contributed by atoms with Crippen molar-refractivity contribution in [1.29, 1.82) is 0 Å². The fourth-order valence-electron chi connectivity index (χ4n) is 2.10. The number of pyridine rings is 1. The lowest BCUT2D eigenvalue weighted by molar-refractivity contribution is 0.174. The lowest BCUT2D eigenvalue weighted by atomic mass is 10.2. The maximum absolute atomic E-state index is 5.37. The summed E-state index contributed by atoms with van der Waals surface area (Å²) in [5.74, 6) is 2.32. The van der Waals surface area contributed by atoms with Crippen LogP contribution in [-0.2, 0) is 6.54 Å². The molecule has 2 aromatic rings. The van der Waals surface area contributed by atoms with Gasteiger partial charge in [0.2, 0.25) is 6.79 Å². The first-order chi connectivity index (χ1) is 9.76. The van der Waals surface area contributed by atoms with Crippen LogP contribution in [0.4, 0.5) is 5.69 Å². The van der Waals surface area contributed by atoms with Crippen molar-refractivity contribution in [2.45, 2.75) is 13.5 Å². The van der Waals surface area contributed by atoms with Crippen molar-refractivity contribution >= 4 is 5.69 Å². The molecular weight excluding hydrogens is 256 g/mol. The Hall–Kier alpha value is -2.43. The van der Waals surface area contributed by atoms with E-state index in [1.807, 2.05) is 31.2 Å². The fraction of sp³-hybridized carbons (Fsp3) is 0.267. The van der Waals surface area contributed by atoms with E-state index in [0.29, 0.717) is 13.3 Å². The normalized spacial score (nSPS) is 12.3. The number of methoxy groups -OCH3 is 1. The predicted molar refractivity (Wildman–Crippen MR) is 75.4 cm³/mol. The third kappa shape index (κ3) is 2.47. The number of fused-ring (bicyclic) bond motifs is 1. The van der Waals surface area contributed by atoms with Crippen molar-refractivity contribution in [3.8, 4) is 17.2 Å². The number of ether oxygens (including phenoxy) is 3. The van der Waals surface area contributed by atoms with Crippen LogP contribution in [0.5, 0.6) is 17.2 Å². The molecule has 1 N–H and O–H groups in total. The highest BCUT2D eigenvalue weighted by molar-refractivity contribution is 5.56. The van der Waals surface area contributed by atoms with Crippen LogP contribution in [0.1, 0.15) is 11.3 Å². The highest BCUT2D eigenvalue weighted by Crippen LogP contribution is 2.33. The molecule has 0 saturated heterocycles. The van der Waals surface area contributed by atoms with Gasteiger partial charge in [0.15, 0.2) is 17.2 Å². The van der Waals surface area contributed by atoms with Crippen LogP contribution in [0.15, 0.2) is 30.5 Å². The van der Waals surface area contributed by atoms with Gasteiger partial charge < -0.3 is 19.5 Å². The number of nitrogens with one attached hydrogen (secondary N) is 1. The van der Waals surface area contributed by atoms with E-state index in [9.17, 15) is 0 Å². The first kappa shape index (κ1) is 12.6. The molecule has 2 heterocycles. The molecule has 5 heteroatoms.